The number of hydrogen-bond donors (Lipinski definition) is 0. The Labute approximate surface area is 129 Å². The van der Waals surface area contributed by atoms with Gasteiger partial charge in [0.25, 0.3) is 0 Å². The first-order valence-electron chi connectivity index (χ1n) is 7.26. The second-order valence-corrected chi connectivity index (χ2v) is 5.71. The van der Waals surface area contributed by atoms with Crippen LogP contribution in [-0.2, 0) is 31.0 Å². The summed E-state index contributed by atoms with van der Waals surface area (Å²) < 4.78 is 9.84. The van der Waals surface area contributed by atoms with E-state index in [1.807, 2.05) is 25.2 Å². The molecule has 0 aromatic heterocycles. The summed E-state index contributed by atoms with van der Waals surface area (Å²) in [5.41, 5.74) is 2.52. The molecular formula is C17H19NO4. The number of carbonyl (C=O) groups excluding carboxylic acids is 2. The predicted octanol–water partition coefficient (Wildman–Crippen LogP) is 1.42. The Morgan fingerprint density at radius 3 is 2.50 bits per heavy atom. The van der Waals surface area contributed by atoms with Gasteiger partial charge in [0, 0.05) is 6.54 Å². The van der Waals surface area contributed by atoms with Crippen LogP contribution in [0, 0.1) is 0 Å². The van der Waals surface area contributed by atoms with Crippen LogP contribution in [0.15, 0.2) is 35.4 Å². The number of rotatable bonds is 2. The summed E-state index contributed by atoms with van der Waals surface area (Å²) >= 11 is 0. The first kappa shape index (κ1) is 14.8. The number of methoxy groups -OCH3 is 2. The van der Waals surface area contributed by atoms with Crippen LogP contribution in [0.4, 0.5) is 0 Å². The zero-order valence-corrected chi connectivity index (χ0v) is 13.0. The van der Waals surface area contributed by atoms with Crippen molar-refractivity contribution in [1.29, 1.82) is 0 Å². The molecule has 5 nitrogen and oxygen atoms in total. The van der Waals surface area contributed by atoms with Crippen molar-refractivity contribution in [2.75, 3.05) is 27.8 Å². The maximum Gasteiger partial charge on any atom is 0.336 e. The molecule has 116 valence electrons. The Morgan fingerprint density at radius 2 is 1.82 bits per heavy atom. The fourth-order valence-corrected chi connectivity index (χ4v) is 3.82. The third-order valence-electron chi connectivity index (χ3n) is 4.80. The maximum atomic E-state index is 12.4. The van der Waals surface area contributed by atoms with Gasteiger partial charge in [0.05, 0.1) is 30.9 Å². The zero-order chi connectivity index (χ0) is 15.9. The standard InChI is InChI=1S/C17H19NO4/c1-18-10-12(15(19)21-2)14(16(20)22-3)17(18)9-8-11-6-4-5-7-13(11)17/h4-7H,8-10H2,1-3H3/t17-/m1/s1. The Balaban J connectivity index is 2.24. The zero-order valence-electron chi connectivity index (χ0n) is 13.0. The molecule has 0 unspecified atom stereocenters. The summed E-state index contributed by atoms with van der Waals surface area (Å²) in [6.45, 7) is 0.380. The number of nitrogens with zero attached hydrogens (tertiary/aromatic N) is 1. The lowest BCUT2D eigenvalue weighted by Gasteiger charge is -2.35. The van der Waals surface area contributed by atoms with E-state index in [1.165, 1.54) is 19.8 Å². The van der Waals surface area contributed by atoms with Gasteiger partial charge in [-0.05, 0) is 31.0 Å². The van der Waals surface area contributed by atoms with E-state index in [0.29, 0.717) is 17.7 Å². The van der Waals surface area contributed by atoms with E-state index in [2.05, 4.69) is 11.0 Å². The molecule has 2 aliphatic rings. The van der Waals surface area contributed by atoms with Crippen LogP contribution in [0.3, 0.4) is 0 Å². The molecule has 1 aromatic carbocycles. The van der Waals surface area contributed by atoms with E-state index in [1.54, 1.807) is 0 Å². The SMILES string of the molecule is COC(=O)C1=C(C(=O)OC)[C@]2(CCc3ccccc32)N(C)C1. The molecule has 5 heteroatoms. The highest BCUT2D eigenvalue weighted by Gasteiger charge is 2.54. The highest BCUT2D eigenvalue weighted by molar-refractivity contribution is 6.03. The van der Waals surface area contributed by atoms with E-state index < -0.39 is 17.5 Å². The summed E-state index contributed by atoms with van der Waals surface area (Å²) in [4.78, 5) is 26.6. The summed E-state index contributed by atoms with van der Waals surface area (Å²) in [6, 6.07) is 8.06. The molecule has 1 aromatic rings. The van der Waals surface area contributed by atoms with Crippen molar-refractivity contribution in [1.82, 2.24) is 4.90 Å². The quantitative estimate of drug-likeness (QED) is 0.773. The molecule has 0 saturated heterocycles. The number of esters is 2. The van der Waals surface area contributed by atoms with Gasteiger partial charge < -0.3 is 9.47 Å². The third-order valence-corrected chi connectivity index (χ3v) is 4.80. The molecule has 3 rings (SSSR count). The van der Waals surface area contributed by atoms with Crippen molar-refractivity contribution in [3.63, 3.8) is 0 Å². The van der Waals surface area contributed by atoms with Crippen molar-refractivity contribution in [3.05, 3.63) is 46.5 Å². The number of fused-ring (bicyclic) bond motifs is 2. The molecule has 0 radical (unpaired) electrons. The molecule has 0 fully saturated rings. The molecule has 1 aliphatic heterocycles. The summed E-state index contributed by atoms with van der Waals surface area (Å²) in [5.74, 6) is -0.921. The summed E-state index contributed by atoms with van der Waals surface area (Å²) in [5, 5.41) is 0. The molecule has 22 heavy (non-hydrogen) atoms. The van der Waals surface area contributed by atoms with Crippen molar-refractivity contribution in [3.8, 4) is 0 Å². The van der Waals surface area contributed by atoms with Crippen LogP contribution in [-0.4, -0.2) is 44.7 Å². The minimum absolute atomic E-state index is 0.380. The van der Waals surface area contributed by atoms with E-state index in [4.69, 9.17) is 9.47 Å². The fourth-order valence-electron chi connectivity index (χ4n) is 3.82. The normalized spacial score (nSPS) is 23.8. The number of hydrogen-bond acceptors (Lipinski definition) is 5. The van der Waals surface area contributed by atoms with Gasteiger partial charge in [0.15, 0.2) is 0 Å². The summed E-state index contributed by atoms with van der Waals surface area (Å²) in [6.07, 6.45) is 1.63. The van der Waals surface area contributed by atoms with Gasteiger partial charge in [0.2, 0.25) is 0 Å². The third kappa shape index (κ3) is 1.82. The minimum atomic E-state index is -0.590. The van der Waals surface area contributed by atoms with Crippen LogP contribution in [0.1, 0.15) is 17.5 Å². The van der Waals surface area contributed by atoms with Gasteiger partial charge in [-0.15, -0.1) is 0 Å². The maximum absolute atomic E-state index is 12.4. The van der Waals surface area contributed by atoms with Crippen molar-refractivity contribution < 1.29 is 19.1 Å². The van der Waals surface area contributed by atoms with Gasteiger partial charge in [-0.3, -0.25) is 4.90 Å². The average molecular weight is 301 g/mol. The largest absolute Gasteiger partial charge is 0.466 e. The Bertz CT molecular complexity index is 679. The Hall–Kier alpha value is -2.14. The molecule has 1 atom stereocenters. The lowest BCUT2D eigenvalue weighted by molar-refractivity contribution is -0.139. The van der Waals surface area contributed by atoms with Gasteiger partial charge in [0.1, 0.15) is 0 Å². The Morgan fingerprint density at radius 1 is 1.14 bits per heavy atom. The smallest absolute Gasteiger partial charge is 0.336 e. The lowest BCUT2D eigenvalue weighted by atomic mass is 9.83. The molecule has 0 N–H and O–H groups in total. The van der Waals surface area contributed by atoms with Gasteiger partial charge in [-0.1, -0.05) is 24.3 Å². The van der Waals surface area contributed by atoms with E-state index in [0.717, 1.165) is 18.4 Å². The van der Waals surface area contributed by atoms with Crippen LogP contribution in [0.2, 0.25) is 0 Å². The number of likely N-dealkylation sites (N-methyl/N-ethyl adjacent to an activating group) is 1. The van der Waals surface area contributed by atoms with Crippen molar-refractivity contribution in [2.45, 2.75) is 18.4 Å². The van der Waals surface area contributed by atoms with Crippen LogP contribution in [0.25, 0.3) is 0 Å². The van der Waals surface area contributed by atoms with Gasteiger partial charge in [-0.2, -0.15) is 0 Å². The number of benzene rings is 1. The predicted molar refractivity (Wildman–Crippen MR) is 80.1 cm³/mol. The number of carbonyl (C=O) groups is 2. The lowest BCUT2D eigenvalue weighted by Crippen LogP contribution is -2.41. The monoisotopic (exact) mass is 301 g/mol. The van der Waals surface area contributed by atoms with Crippen molar-refractivity contribution >= 4 is 11.9 Å². The topological polar surface area (TPSA) is 55.8 Å². The van der Waals surface area contributed by atoms with Gasteiger partial charge >= 0.3 is 11.9 Å². The highest BCUT2D eigenvalue weighted by atomic mass is 16.5. The van der Waals surface area contributed by atoms with Crippen LogP contribution < -0.4 is 0 Å². The second-order valence-electron chi connectivity index (χ2n) is 5.71. The van der Waals surface area contributed by atoms with E-state index >= 15 is 0 Å². The first-order valence-corrected chi connectivity index (χ1v) is 7.26. The van der Waals surface area contributed by atoms with Gasteiger partial charge in [-0.25, -0.2) is 9.59 Å². The minimum Gasteiger partial charge on any atom is -0.466 e. The van der Waals surface area contributed by atoms with Crippen LogP contribution >= 0.6 is 0 Å². The molecule has 0 saturated carbocycles. The van der Waals surface area contributed by atoms with Crippen LogP contribution in [0.5, 0.6) is 0 Å². The highest BCUT2D eigenvalue weighted by Crippen LogP contribution is 2.51. The molecule has 1 aliphatic carbocycles. The van der Waals surface area contributed by atoms with E-state index in [-0.39, 0.29) is 0 Å². The second kappa shape index (κ2) is 5.25. The Kier molecular flexibility index (Phi) is 3.53. The number of ether oxygens (including phenoxy) is 2. The molecular weight excluding hydrogens is 282 g/mol. The molecule has 0 amide bonds. The fraction of sp³-hybridized carbons (Fsp3) is 0.412. The molecule has 1 heterocycles. The first-order chi connectivity index (χ1) is 10.6. The average Bonchev–Trinajstić information content (AvgIpc) is 3.07. The van der Waals surface area contributed by atoms with Crippen molar-refractivity contribution in [2.24, 2.45) is 0 Å². The van der Waals surface area contributed by atoms with E-state index in [9.17, 15) is 9.59 Å². The summed E-state index contributed by atoms with van der Waals surface area (Å²) in [7, 11) is 4.61. The molecule has 1 spiro atoms. The molecule has 0 bridgehead atoms. The number of aryl methyl sites for hydroxylation is 1.